The van der Waals surface area contributed by atoms with E-state index in [-0.39, 0.29) is 18.6 Å². The van der Waals surface area contributed by atoms with Gasteiger partial charge in [-0.05, 0) is 83.3 Å². The SMILES string of the molecule is O=C(O)Cc1cccc(-c2cc(CCCCCCc3ccc(O[C@H]4O[C@H](CO)[C@@H](O)[C@H](O)[C@@H]4O)c(-c4cccc(CC(O)O)c4)c3)ccc2O[C@H]2O[C@H](CO)[C@@H](O)[C@H](O)[C@@H]2O)c1. The smallest absolute Gasteiger partial charge is 0.307 e. The molecule has 62 heavy (non-hydrogen) atoms. The van der Waals surface area contributed by atoms with Crippen LogP contribution in [0.5, 0.6) is 11.5 Å². The number of aliphatic carboxylic acids is 1. The van der Waals surface area contributed by atoms with Crippen molar-refractivity contribution in [3.8, 4) is 33.8 Å². The molecule has 16 heteroatoms. The van der Waals surface area contributed by atoms with Gasteiger partial charge >= 0.3 is 5.97 Å². The van der Waals surface area contributed by atoms with Crippen molar-refractivity contribution in [1.82, 2.24) is 0 Å². The molecule has 10 atom stereocenters. The van der Waals surface area contributed by atoms with E-state index in [0.717, 1.165) is 36.8 Å². The molecule has 0 aliphatic carbocycles. The summed E-state index contributed by atoms with van der Waals surface area (Å²) in [6.45, 7) is -1.22. The molecule has 2 heterocycles. The fourth-order valence-electron chi connectivity index (χ4n) is 7.81. The van der Waals surface area contributed by atoms with E-state index < -0.39 is 86.9 Å². The molecule has 0 amide bonds. The van der Waals surface area contributed by atoms with Gasteiger partial charge in [0.05, 0.1) is 19.6 Å². The van der Waals surface area contributed by atoms with Gasteiger partial charge in [-0.15, -0.1) is 0 Å². The number of aliphatic hydroxyl groups is 10. The number of carboxylic acids is 1. The van der Waals surface area contributed by atoms with Gasteiger partial charge in [0.2, 0.25) is 12.6 Å². The molecular formula is C46H56O16. The van der Waals surface area contributed by atoms with Gasteiger partial charge in [-0.3, -0.25) is 4.79 Å². The van der Waals surface area contributed by atoms with Crippen molar-refractivity contribution in [2.24, 2.45) is 0 Å². The van der Waals surface area contributed by atoms with Crippen LogP contribution in [0.1, 0.15) is 47.9 Å². The summed E-state index contributed by atoms with van der Waals surface area (Å²) < 4.78 is 23.3. The second-order valence-electron chi connectivity index (χ2n) is 15.9. The fraction of sp³-hybridized carbons (Fsp3) is 0.457. The number of hydrogen-bond acceptors (Lipinski definition) is 15. The Morgan fingerprint density at radius 3 is 1.44 bits per heavy atom. The highest BCUT2D eigenvalue weighted by molar-refractivity contribution is 5.75. The van der Waals surface area contributed by atoms with Crippen LogP contribution in [0.3, 0.4) is 0 Å². The zero-order chi connectivity index (χ0) is 44.5. The quantitative estimate of drug-likeness (QED) is 0.0467. The Morgan fingerprint density at radius 2 is 1.00 bits per heavy atom. The Kier molecular flexibility index (Phi) is 16.4. The minimum absolute atomic E-state index is 0.00219. The zero-order valence-electron chi connectivity index (χ0n) is 34.0. The average Bonchev–Trinajstić information content (AvgIpc) is 3.25. The summed E-state index contributed by atoms with van der Waals surface area (Å²) >= 11 is 0. The van der Waals surface area contributed by atoms with Gasteiger partial charge in [-0.2, -0.15) is 0 Å². The third-order valence-corrected chi connectivity index (χ3v) is 11.2. The van der Waals surface area contributed by atoms with Crippen molar-refractivity contribution in [3.63, 3.8) is 0 Å². The van der Waals surface area contributed by atoms with Gasteiger partial charge in [0.1, 0.15) is 60.3 Å². The first-order valence-corrected chi connectivity index (χ1v) is 20.7. The molecule has 4 aromatic rings. The predicted molar refractivity (Wildman–Crippen MR) is 222 cm³/mol. The molecule has 4 aromatic carbocycles. The van der Waals surface area contributed by atoms with Gasteiger partial charge in [0.15, 0.2) is 6.29 Å². The lowest BCUT2D eigenvalue weighted by atomic mass is 9.95. The Hall–Kier alpha value is -4.53. The molecule has 6 rings (SSSR count). The molecule has 2 aliphatic rings. The van der Waals surface area contributed by atoms with Gasteiger partial charge in [0, 0.05) is 17.5 Å². The second-order valence-corrected chi connectivity index (χ2v) is 15.9. The summed E-state index contributed by atoms with van der Waals surface area (Å²) in [5.41, 5.74) is 5.76. The van der Waals surface area contributed by atoms with Crippen LogP contribution in [0.2, 0.25) is 0 Å². The van der Waals surface area contributed by atoms with Gasteiger partial charge in [0.25, 0.3) is 0 Å². The number of unbranched alkanes of at least 4 members (excludes halogenated alkanes) is 3. The van der Waals surface area contributed by atoms with Crippen molar-refractivity contribution in [2.45, 2.75) is 119 Å². The summed E-state index contributed by atoms with van der Waals surface area (Å²) in [6.07, 6.45) is -11.6. The molecule has 2 aliphatic heterocycles. The molecule has 0 bridgehead atoms. The fourth-order valence-corrected chi connectivity index (χ4v) is 7.81. The van der Waals surface area contributed by atoms with Gasteiger partial charge in [-0.1, -0.05) is 73.5 Å². The van der Waals surface area contributed by atoms with Crippen LogP contribution in [0.15, 0.2) is 84.9 Å². The van der Waals surface area contributed by atoms with Gasteiger partial charge < -0.3 is 75.1 Å². The van der Waals surface area contributed by atoms with Crippen molar-refractivity contribution in [3.05, 3.63) is 107 Å². The van der Waals surface area contributed by atoms with Crippen molar-refractivity contribution < 1.29 is 79.9 Å². The van der Waals surface area contributed by atoms with Crippen LogP contribution in [-0.4, -0.2) is 143 Å². The third kappa shape index (κ3) is 11.7. The maximum Gasteiger partial charge on any atom is 0.307 e. The van der Waals surface area contributed by atoms with E-state index >= 15 is 0 Å². The van der Waals surface area contributed by atoms with Crippen LogP contribution in [0.25, 0.3) is 22.3 Å². The molecule has 0 aromatic heterocycles. The lowest BCUT2D eigenvalue weighted by Crippen LogP contribution is -2.60. The van der Waals surface area contributed by atoms with Crippen molar-refractivity contribution in [2.75, 3.05) is 13.2 Å². The first kappa shape index (κ1) is 47.0. The molecule has 16 nitrogen and oxygen atoms in total. The summed E-state index contributed by atoms with van der Waals surface area (Å²) in [5.74, 6) is -0.401. The number of carboxylic acid groups (broad SMARTS) is 1. The first-order valence-electron chi connectivity index (χ1n) is 20.7. The highest BCUT2D eigenvalue weighted by atomic mass is 16.7. The maximum atomic E-state index is 11.5. The van der Waals surface area contributed by atoms with E-state index in [4.69, 9.17) is 18.9 Å². The topological polar surface area (TPSA) is 277 Å². The second kappa shape index (κ2) is 21.7. The molecule has 11 N–H and O–H groups in total. The summed E-state index contributed by atoms with van der Waals surface area (Å²) in [4.78, 5) is 11.5. The van der Waals surface area contributed by atoms with E-state index in [1.807, 2.05) is 30.3 Å². The zero-order valence-corrected chi connectivity index (χ0v) is 34.0. The van der Waals surface area contributed by atoms with E-state index in [2.05, 4.69) is 0 Å². The molecule has 0 radical (unpaired) electrons. The largest absolute Gasteiger partial charge is 0.481 e. The number of hydrogen-bond donors (Lipinski definition) is 11. The van der Waals surface area contributed by atoms with Crippen molar-refractivity contribution in [1.29, 1.82) is 0 Å². The summed E-state index contributed by atoms with van der Waals surface area (Å²) in [7, 11) is 0. The minimum atomic E-state index is -1.63. The number of aryl methyl sites for hydroxylation is 2. The number of rotatable bonds is 19. The Labute approximate surface area is 358 Å². The number of ether oxygens (including phenoxy) is 4. The first-order chi connectivity index (χ1) is 29.8. The molecule has 2 fully saturated rings. The minimum Gasteiger partial charge on any atom is -0.481 e. The van der Waals surface area contributed by atoms with E-state index in [9.17, 15) is 61.0 Å². The summed E-state index contributed by atoms with van der Waals surface area (Å²) in [6, 6.07) is 25.2. The van der Waals surface area contributed by atoms with E-state index in [0.29, 0.717) is 52.0 Å². The van der Waals surface area contributed by atoms with E-state index in [1.165, 1.54) is 0 Å². The predicted octanol–water partition coefficient (Wildman–Crippen LogP) is 1.20. The molecule has 2 saturated heterocycles. The standard InChI is InChI=1S/C46H56O16/c47-23-35-39(53)41(55)43(57)45(61-35)59-33-15-13-25(19-31(33)29-11-5-9-27(17-29)21-37(49)50)7-3-1-2-4-8-26-14-16-34(60-46-44(58)42(56)40(54)36(24-48)62-46)32(20-26)30-12-6-10-28(18-30)22-38(51)52/h5-6,9-20,35-37,39-50,53-58H,1-4,7-8,21-24H2,(H,51,52)/t35-,36-,39-,40-,41+,42+,43+,44+,45+,46+/m1/s1. The monoisotopic (exact) mass is 864 g/mol. The molecule has 0 spiro atoms. The molecule has 0 unspecified atom stereocenters. The van der Waals surface area contributed by atoms with Gasteiger partial charge in [-0.25, -0.2) is 0 Å². The number of benzene rings is 4. The summed E-state index contributed by atoms with van der Waals surface area (Å²) in [5, 5.41) is 110. The highest BCUT2D eigenvalue weighted by Crippen LogP contribution is 2.37. The lowest BCUT2D eigenvalue weighted by Gasteiger charge is -2.39. The van der Waals surface area contributed by atoms with Crippen LogP contribution >= 0.6 is 0 Å². The van der Waals surface area contributed by atoms with Crippen molar-refractivity contribution >= 4 is 5.97 Å². The lowest BCUT2D eigenvalue weighted by molar-refractivity contribution is -0.277. The van der Waals surface area contributed by atoms with E-state index in [1.54, 1.807) is 54.6 Å². The van der Waals surface area contributed by atoms with Crippen LogP contribution in [0, 0.1) is 0 Å². The Bertz CT molecular complexity index is 2070. The third-order valence-electron chi connectivity index (χ3n) is 11.2. The molecule has 0 saturated carbocycles. The van der Waals surface area contributed by atoms with Crippen LogP contribution in [-0.2, 0) is 40.0 Å². The Balaban J connectivity index is 1.13. The molecule has 336 valence electrons. The Morgan fingerprint density at radius 1 is 0.548 bits per heavy atom. The highest BCUT2D eigenvalue weighted by Gasteiger charge is 2.46. The normalized spacial score (nSPS) is 26.4. The number of aliphatic hydroxyl groups excluding tert-OH is 9. The van der Waals surface area contributed by atoms with Crippen LogP contribution in [0.4, 0.5) is 0 Å². The number of carbonyl (C=O) groups is 1. The maximum absolute atomic E-state index is 11.5. The average molecular weight is 865 g/mol. The van der Waals surface area contributed by atoms with Crippen LogP contribution < -0.4 is 9.47 Å². The molecular weight excluding hydrogens is 808 g/mol.